The van der Waals surface area contributed by atoms with Crippen molar-refractivity contribution in [3.8, 4) is 11.5 Å². The van der Waals surface area contributed by atoms with Gasteiger partial charge in [-0.05, 0) is 44.5 Å². The predicted molar refractivity (Wildman–Crippen MR) is 98.0 cm³/mol. The average molecular weight is 360 g/mol. The van der Waals surface area contributed by atoms with Crippen molar-refractivity contribution in [2.45, 2.75) is 31.8 Å². The maximum atomic E-state index is 13.2. The SMILES string of the molecule is O=C(c1cccc2c1OCCO2)N1CCCO[C@H](CN2CCCCC2)C1. The number of nitrogens with zero attached hydrogens (tertiary/aromatic N) is 2. The van der Waals surface area contributed by atoms with Crippen LogP contribution in [0.4, 0.5) is 0 Å². The lowest BCUT2D eigenvalue weighted by Crippen LogP contribution is -2.44. The molecular formula is C20H28N2O4. The van der Waals surface area contributed by atoms with Crippen molar-refractivity contribution in [2.24, 2.45) is 0 Å². The van der Waals surface area contributed by atoms with E-state index in [9.17, 15) is 4.79 Å². The Hall–Kier alpha value is -1.79. The third kappa shape index (κ3) is 3.96. The molecule has 6 nitrogen and oxygen atoms in total. The molecule has 0 unspecified atom stereocenters. The van der Waals surface area contributed by atoms with Crippen molar-refractivity contribution in [1.82, 2.24) is 9.80 Å². The van der Waals surface area contributed by atoms with Crippen molar-refractivity contribution >= 4 is 5.91 Å². The van der Waals surface area contributed by atoms with Crippen molar-refractivity contribution in [3.63, 3.8) is 0 Å². The number of piperidine rings is 1. The molecule has 2 saturated heterocycles. The zero-order valence-corrected chi connectivity index (χ0v) is 15.3. The van der Waals surface area contributed by atoms with Gasteiger partial charge >= 0.3 is 0 Å². The molecule has 0 aromatic heterocycles. The zero-order chi connectivity index (χ0) is 17.8. The molecule has 26 heavy (non-hydrogen) atoms. The zero-order valence-electron chi connectivity index (χ0n) is 15.3. The first-order chi connectivity index (χ1) is 12.8. The minimum atomic E-state index is 0.0153. The fraction of sp³-hybridized carbons (Fsp3) is 0.650. The lowest BCUT2D eigenvalue weighted by atomic mass is 10.1. The molecule has 142 valence electrons. The number of ether oxygens (including phenoxy) is 3. The molecule has 3 heterocycles. The third-order valence-corrected chi connectivity index (χ3v) is 5.34. The van der Waals surface area contributed by atoms with Gasteiger partial charge in [-0.15, -0.1) is 0 Å². The summed E-state index contributed by atoms with van der Waals surface area (Å²) in [5.74, 6) is 1.26. The standard InChI is InChI=1S/C20H28N2O4/c23-20(17-6-4-7-18-19(17)26-13-12-25-18)22-10-5-11-24-16(15-22)14-21-8-2-1-3-9-21/h4,6-7,16H,1-3,5,8-15H2/t16-/m1/s1. The molecule has 0 spiro atoms. The normalized spacial score (nSPS) is 24.2. The molecule has 3 aliphatic rings. The van der Waals surface area contributed by atoms with Crippen LogP contribution < -0.4 is 9.47 Å². The molecule has 1 aromatic rings. The van der Waals surface area contributed by atoms with E-state index < -0.39 is 0 Å². The van der Waals surface area contributed by atoms with Crippen LogP contribution in [0.15, 0.2) is 18.2 Å². The molecular weight excluding hydrogens is 332 g/mol. The highest BCUT2D eigenvalue weighted by atomic mass is 16.6. The molecule has 1 atom stereocenters. The summed E-state index contributed by atoms with van der Waals surface area (Å²) in [6.45, 7) is 6.29. The van der Waals surface area contributed by atoms with Gasteiger partial charge in [-0.2, -0.15) is 0 Å². The first-order valence-corrected chi connectivity index (χ1v) is 9.83. The number of amides is 1. The smallest absolute Gasteiger partial charge is 0.257 e. The van der Waals surface area contributed by atoms with Crippen molar-refractivity contribution < 1.29 is 19.0 Å². The van der Waals surface area contributed by atoms with Crippen molar-refractivity contribution in [2.75, 3.05) is 52.5 Å². The van der Waals surface area contributed by atoms with Gasteiger partial charge in [0, 0.05) is 26.2 Å². The number of likely N-dealkylation sites (tertiary alicyclic amines) is 1. The summed E-state index contributed by atoms with van der Waals surface area (Å²) in [4.78, 5) is 17.6. The number of rotatable bonds is 3. The summed E-state index contributed by atoms with van der Waals surface area (Å²) in [5.41, 5.74) is 0.598. The Bertz CT molecular complexity index is 630. The van der Waals surface area contributed by atoms with Crippen LogP contribution in [0.25, 0.3) is 0 Å². The summed E-state index contributed by atoms with van der Waals surface area (Å²) in [7, 11) is 0. The lowest BCUT2D eigenvalue weighted by molar-refractivity contribution is 0.0215. The van der Waals surface area contributed by atoms with E-state index in [0.717, 1.165) is 39.2 Å². The number of carbonyl (C=O) groups excluding carboxylic acids is 1. The van der Waals surface area contributed by atoms with Crippen LogP contribution in [0.3, 0.4) is 0 Å². The molecule has 0 radical (unpaired) electrons. The Kier molecular flexibility index (Phi) is 5.60. The highest BCUT2D eigenvalue weighted by molar-refractivity contribution is 5.98. The number of carbonyl (C=O) groups is 1. The van der Waals surface area contributed by atoms with E-state index in [-0.39, 0.29) is 12.0 Å². The van der Waals surface area contributed by atoms with Crippen LogP contribution >= 0.6 is 0 Å². The molecule has 0 saturated carbocycles. The molecule has 2 fully saturated rings. The predicted octanol–water partition coefficient (Wildman–Crippen LogP) is 2.17. The quantitative estimate of drug-likeness (QED) is 0.827. The third-order valence-electron chi connectivity index (χ3n) is 5.34. The number of hydrogen-bond donors (Lipinski definition) is 0. The van der Waals surface area contributed by atoms with Crippen LogP contribution in [0, 0.1) is 0 Å². The van der Waals surface area contributed by atoms with Gasteiger partial charge in [0.25, 0.3) is 5.91 Å². The minimum Gasteiger partial charge on any atom is -0.486 e. The van der Waals surface area contributed by atoms with Crippen molar-refractivity contribution in [3.05, 3.63) is 23.8 Å². The summed E-state index contributed by atoms with van der Waals surface area (Å²) in [6, 6.07) is 5.55. The molecule has 6 heteroatoms. The number of fused-ring (bicyclic) bond motifs is 1. The van der Waals surface area contributed by atoms with E-state index in [1.807, 2.05) is 23.1 Å². The molecule has 0 aliphatic carbocycles. The Morgan fingerprint density at radius 2 is 1.85 bits per heavy atom. The van der Waals surface area contributed by atoms with E-state index >= 15 is 0 Å². The van der Waals surface area contributed by atoms with Crippen molar-refractivity contribution in [1.29, 1.82) is 0 Å². The average Bonchev–Trinajstić information content (AvgIpc) is 2.93. The van der Waals surface area contributed by atoms with E-state index in [1.165, 1.54) is 19.3 Å². The fourth-order valence-electron chi connectivity index (χ4n) is 4.03. The summed E-state index contributed by atoms with van der Waals surface area (Å²) in [5, 5.41) is 0. The fourth-order valence-corrected chi connectivity index (χ4v) is 4.03. The second-order valence-electron chi connectivity index (χ2n) is 7.29. The molecule has 4 rings (SSSR count). The van der Waals surface area contributed by atoms with Gasteiger partial charge in [-0.25, -0.2) is 0 Å². The first-order valence-electron chi connectivity index (χ1n) is 9.83. The first kappa shape index (κ1) is 17.6. The van der Waals surface area contributed by atoms with Gasteiger partial charge in [-0.3, -0.25) is 4.79 Å². The van der Waals surface area contributed by atoms with E-state index in [2.05, 4.69) is 4.90 Å². The monoisotopic (exact) mass is 360 g/mol. The van der Waals surface area contributed by atoms with Crippen LogP contribution in [-0.4, -0.2) is 74.4 Å². The van der Waals surface area contributed by atoms with Gasteiger partial charge in [0.15, 0.2) is 11.5 Å². The number of benzene rings is 1. The van der Waals surface area contributed by atoms with E-state index in [4.69, 9.17) is 14.2 Å². The highest BCUT2D eigenvalue weighted by Gasteiger charge is 2.28. The topological polar surface area (TPSA) is 51.2 Å². The maximum absolute atomic E-state index is 13.2. The molecule has 3 aliphatic heterocycles. The lowest BCUT2D eigenvalue weighted by Gasteiger charge is -2.32. The van der Waals surface area contributed by atoms with E-state index in [0.29, 0.717) is 36.8 Å². The van der Waals surface area contributed by atoms with Gasteiger partial charge in [-0.1, -0.05) is 12.5 Å². The maximum Gasteiger partial charge on any atom is 0.257 e. The molecule has 1 aromatic carbocycles. The van der Waals surface area contributed by atoms with Crippen LogP contribution in [0.2, 0.25) is 0 Å². The molecule has 0 N–H and O–H groups in total. The Morgan fingerprint density at radius 1 is 1.00 bits per heavy atom. The summed E-state index contributed by atoms with van der Waals surface area (Å²) >= 11 is 0. The second-order valence-corrected chi connectivity index (χ2v) is 7.29. The van der Waals surface area contributed by atoms with Gasteiger partial charge in [0.1, 0.15) is 13.2 Å². The second kappa shape index (κ2) is 8.27. The van der Waals surface area contributed by atoms with Gasteiger partial charge in [0.2, 0.25) is 0 Å². The van der Waals surface area contributed by atoms with Crippen LogP contribution in [-0.2, 0) is 4.74 Å². The number of para-hydroxylation sites is 1. The largest absolute Gasteiger partial charge is 0.486 e. The Morgan fingerprint density at radius 3 is 2.73 bits per heavy atom. The minimum absolute atomic E-state index is 0.0153. The Labute approximate surface area is 155 Å². The molecule has 1 amide bonds. The van der Waals surface area contributed by atoms with Crippen LogP contribution in [0.1, 0.15) is 36.0 Å². The summed E-state index contributed by atoms with van der Waals surface area (Å²) in [6.07, 6.45) is 4.81. The van der Waals surface area contributed by atoms with Gasteiger partial charge in [0.05, 0.1) is 11.7 Å². The van der Waals surface area contributed by atoms with E-state index in [1.54, 1.807) is 0 Å². The highest BCUT2D eigenvalue weighted by Crippen LogP contribution is 2.34. The van der Waals surface area contributed by atoms with Gasteiger partial charge < -0.3 is 24.0 Å². The van der Waals surface area contributed by atoms with Crippen LogP contribution in [0.5, 0.6) is 11.5 Å². The summed E-state index contributed by atoms with van der Waals surface area (Å²) < 4.78 is 17.4. The Balaban J connectivity index is 1.46. The number of hydrogen-bond acceptors (Lipinski definition) is 5. The molecule has 0 bridgehead atoms.